The van der Waals surface area contributed by atoms with E-state index in [1.54, 1.807) is 30.3 Å². The smallest absolute Gasteiger partial charge is 0.253 e. The monoisotopic (exact) mass is 388 g/mol. The van der Waals surface area contributed by atoms with Gasteiger partial charge in [0.05, 0.1) is 6.07 Å². The molecular formula is C23H24N4O2. The van der Waals surface area contributed by atoms with E-state index in [-0.39, 0.29) is 18.2 Å². The highest BCUT2D eigenvalue weighted by Crippen LogP contribution is 2.14. The number of hydrogen-bond donors (Lipinski definition) is 1. The lowest BCUT2D eigenvalue weighted by atomic mass is 10.1. The molecule has 1 aliphatic rings. The molecule has 2 aromatic carbocycles. The summed E-state index contributed by atoms with van der Waals surface area (Å²) in [4.78, 5) is 28.3. The third-order valence-corrected chi connectivity index (χ3v) is 4.79. The number of nitrogens with zero attached hydrogens (tertiary/aromatic N) is 3. The molecule has 0 aliphatic carbocycles. The number of amides is 2. The van der Waals surface area contributed by atoms with Crippen molar-refractivity contribution in [2.45, 2.75) is 6.42 Å². The van der Waals surface area contributed by atoms with Crippen molar-refractivity contribution < 1.29 is 9.59 Å². The summed E-state index contributed by atoms with van der Waals surface area (Å²) < 4.78 is 0. The SMILES string of the molecule is N#CCC(=O)Nc1ccc(C(=O)N2CCN(CC=Cc3ccccc3)CC2)cc1. The molecule has 0 aromatic heterocycles. The van der Waals surface area contributed by atoms with Crippen molar-refractivity contribution in [1.82, 2.24) is 9.80 Å². The number of piperazine rings is 1. The van der Waals surface area contributed by atoms with E-state index < -0.39 is 0 Å². The van der Waals surface area contributed by atoms with Gasteiger partial charge >= 0.3 is 0 Å². The standard InChI is InChI=1S/C23H24N4O2/c24-13-12-22(28)25-21-10-8-20(9-11-21)23(29)27-17-15-26(16-18-27)14-4-7-19-5-2-1-3-6-19/h1-11H,12,14-18H2,(H,25,28). The number of carbonyl (C=O) groups is 2. The Bertz CT molecular complexity index is 893. The molecule has 1 saturated heterocycles. The topological polar surface area (TPSA) is 76.4 Å². The van der Waals surface area contributed by atoms with Gasteiger partial charge in [0.1, 0.15) is 6.42 Å². The van der Waals surface area contributed by atoms with E-state index in [2.05, 4.69) is 34.5 Å². The molecule has 0 bridgehead atoms. The Kier molecular flexibility index (Phi) is 7.15. The molecule has 1 aliphatic heterocycles. The van der Waals surface area contributed by atoms with Gasteiger partial charge in [0.2, 0.25) is 5.91 Å². The molecule has 0 atom stereocenters. The van der Waals surface area contributed by atoms with Gasteiger partial charge in [-0.25, -0.2) is 0 Å². The van der Waals surface area contributed by atoms with Crippen LogP contribution in [0, 0.1) is 11.3 Å². The second-order valence-corrected chi connectivity index (χ2v) is 6.87. The summed E-state index contributed by atoms with van der Waals surface area (Å²) >= 11 is 0. The van der Waals surface area contributed by atoms with Crippen molar-refractivity contribution in [2.75, 3.05) is 38.0 Å². The lowest BCUT2D eigenvalue weighted by molar-refractivity contribution is -0.115. The minimum absolute atomic E-state index is 0.000575. The molecule has 29 heavy (non-hydrogen) atoms. The van der Waals surface area contributed by atoms with Gasteiger partial charge in [0.15, 0.2) is 0 Å². The number of nitriles is 1. The van der Waals surface area contributed by atoms with E-state index in [9.17, 15) is 9.59 Å². The molecule has 2 aromatic rings. The Balaban J connectivity index is 1.46. The zero-order chi connectivity index (χ0) is 20.5. The zero-order valence-corrected chi connectivity index (χ0v) is 16.3. The first-order chi connectivity index (χ1) is 14.2. The predicted octanol–water partition coefficient (Wildman–Crippen LogP) is 3.01. The van der Waals surface area contributed by atoms with E-state index in [4.69, 9.17) is 5.26 Å². The average molecular weight is 388 g/mol. The van der Waals surface area contributed by atoms with Crippen LogP contribution in [0.3, 0.4) is 0 Å². The highest BCUT2D eigenvalue weighted by Gasteiger charge is 2.21. The van der Waals surface area contributed by atoms with Crippen LogP contribution in [-0.4, -0.2) is 54.3 Å². The maximum atomic E-state index is 12.7. The first-order valence-corrected chi connectivity index (χ1v) is 9.66. The maximum absolute atomic E-state index is 12.7. The van der Waals surface area contributed by atoms with Crippen LogP contribution < -0.4 is 5.32 Å². The van der Waals surface area contributed by atoms with Gasteiger partial charge < -0.3 is 10.2 Å². The number of benzene rings is 2. The van der Waals surface area contributed by atoms with Gasteiger partial charge in [-0.15, -0.1) is 0 Å². The first-order valence-electron chi connectivity index (χ1n) is 9.66. The van der Waals surface area contributed by atoms with E-state index in [0.717, 1.165) is 19.6 Å². The van der Waals surface area contributed by atoms with Gasteiger partial charge in [0.25, 0.3) is 5.91 Å². The van der Waals surface area contributed by atoms with Gasteiger partial charge in [-0.3, -0.25) is 14.5 Å². The largest absolute Gasteiger partial charge is 0.336 e. The third kappa shape index (κ3) is 6.03. The minimum Gasteiger partial charge on any atom is -0.336 e. The number of rotatable bonds is 6. The van der Waals surface area contributed by atoms with E-state index in [0.29, 0.717) is 24.3 Å². The summed E-state index contributed by atoms with van der Waals surface area (Å²) in [5, 5.41) is 11.2. The van der Waals surface area contributed by atoms with Crippen LogP contribution in [0.25, 0.3) is 6.08 Å². The Hall–Kier alpha value is -3.43. The van der Waals surface area contributed by atoms with Gasteiger partial charge in [0, 0.05) is 44.0 Å². The fourth-order valence-corrected chi connectivity index (χ4v) is 3.19. The van der Waals surface area contributed by atoms with Crippen LogP contribution in [0.5, 0.6) is 0 Å². The Morgan fingerprint density at radius 2 is 1.69 bits per heavy atom. The van der Waals surface area contributed by atoms with Gasteiger partial charge in [-0.2, -0.15) is 5.26 Å². The highest BCUT2D eigenvalue weighted by atomic mass is 16.2. The summed E-state index contributed by atoms with van der Waals surface area (Å²) in [6.45, 7) is 3.94. The van der Waals surface area contributed by atoms with Gasteiger partial charge in [-0.1, -0.05) is 42.5 Å². The molecule has 148 valence electrons. The molecule has 1 N–H and O–H groups in total. The maximum Gasteiger partial charge on any atom is 0.253 e. The van der Waals surface area contributed by atoms with Crippen molar-refractivity contribution >= 4 is 23.6 Å². The molecule has 0 spiro atoms. The second kappa shape index (κ2) is 10.2. The molecule has 6 heteroatoms. The number of nitrogens with one attached hydrogen (secondary N) is 1. The lowest BCUT2D eigenvalue weighted by Gasteiger charge is -2.34. The minimum atomic E-state index is -0.357. The Labute approximate surface area is 171 Å². The number of anilines is 1. The van der Waals surface area contributed by atoms with Crippen molar-refractivity contribution in [2.24, 2.45) is 0 Å². The van der Waals surface area contributed by atoms with Crippen molar-refractivity contribution in [3.05, 3.63) is 71.8 Å². The van der Waals surface area contributed by atoms with Crippen LogP contribution in [0.2, 0.25) is 0 Å². The summed E-state index contributed by atoms with van der Waals surface area (Å²) in [5.41, 5.74) is 2.37. The lowest BCUT2D eigenvalue weighted by Crippen LogP contribution is -2.48. The van der Waals surface area contributed by atoms with Crippen LogP contribution in [-0.2, 0) is 4.79 Å². The van der Waals surface area contributed by atoms with Crippen molar-refractivity contribution in [3.8, 4) is 6.07 Å². The zero-order valence-electron chi connectivity index (χ0n) is 16.3. The van der Waals surface area contributed by atoms with Crippen molar-refractivity contribution in [1.29, 1.82) is 5.26 Å². The summed E-state index contributed by atoms with van der Waals surface area (Å²) in [6, 6.07) is 18.8. The number of carbonyl (C=O) groups excluding carboxylic acids is 2. The van der Waals surface area contributed by atoms with Crippen LogP contribution in [0.15, 0.2) is 60.7 Å². The van der Waals surface area contributed by atoms with Crippen LogP contribution in [0.1, 0.15) is 22.3 Å². The van der Waals surface area contributed by atoms with E-state index >= 15 is 0 Å². The summed E-state index contributed by atoms with van der Waals surface area (Å²) in [5.74, 6) is -0.358. The normalized spacial score (nSPS) is 14.5. The summed E-state index contributed by atoms with van der Waals surface area (Å²) in [7, 11) is 0. The number of hydrogen-bond acceptors (Lipinski definition) is 4. The highest BCUT2D eigenvalue weighted by molar-refractivity contribution is 5.96. The molecule has 6 nitrogen and oxygen atoms in total. The van der Waals surface area contributed by atoms with E-state index in [1.807, 2.05) is 23.1 Å². The predicted molar refractivity (Wildman–Crippen MR) is 113 cm³/mol. The molecule has 1 heterocycles. The summed E-state index contributed by atoms with van der Waals surface area (Å²) in [6.07, 6.45) is 4.09. The van der Waals surface area contributed by atoms with Gasteiger partial charge in [-0.05, 0) is 29.8 Å². The van der Waals surface area contributed by atoms with E-state index in [1.165, 1.54) is 5.56 Å². The Morgan fingerprint density at radius 1 is 1.00 bits per heavy atom. The molecule has 0 saturated carbocycles. The van der Waals surface area contributed by atoms with Crippen LogP contribution in [0.4, 0.5) is 5.69 Å². The quantitative estimate of drug-likeness (QED) is 0.825. The Morgan fingerprint density at radius 3 is 2.34 bits per heavy atom. The molecular weight excluding hydrogens is 364 g/mol. The molecule has 1 fully saturated rings. The fraction of sp³-hybridized carbons (Fsp3) is 0.261. The fourth-order valence-electron chi connectivity index (χ4n) is 3.19. The molecule has 3 rings (SSSR count). The molecule has 0 unspecified atom stereocenters. The first kappa shape index (κ1) is 20.3. The molecule has 0 radical (unpaired) electrons. The molecule has 2 amide bonds. The van der Waals surface area contributed by atoms with Crippen LogP contribution >= 0.6 is 0 Å². The van der Waals surface area contributed by atoms with Crippen molar-refractivity contribution in [3.63, 3.8) is 0 Å². The average Bonchev–Trinajstić information content (AvgIpc) is 2.75. The second-order valence-electron chi connectivity index (χ2n) is 6.87. The third-order valence-electron chi connectivity index (χ3n) is 4.79.